The molecule has 0 aliphatic carbocycles. The zero-order chi connectivity index (χ0) is 16.2. The Bertz CT molecular complexity index is 693. The van der Waals surface area contributed by atoms with E-state index in [1.54, 1.807) is 6.92 Å². The summed E-state index contributed by atoms with van der Waals surface area (Å²) in [5.74, 6) is 0.703. The fraction of sp³-hybridized carbons (Fsp3) is 0.308. The average molecular weight is 332 g/mol. The lowest BCUT2D eigenvalue weighted by molar-refractivity contribution is 0.0693. The topological polar surface area (TPSA) is 92.7 Å². The second kappa shape index (κ2) is 6.80. The molecule has 0 saturated carbocycles. The van der Waals surface area contributed by atoms with E-state index in [4.69, 9.17) is 27.9 Å². The number of ether oxygens (including phenoxy) is 1. The minimum absolute atomic E-state index is 0.0295. The molecule has 1 rings (SSSR count). The van der Waals surface area contributed by atoms with Gasteiger partial charge in [-0.25, -0.2) is 17.9 Å². The van der Waals surface area contributed by atoms with Gasteiger partial charge in [-0.2, -0.15) is 0 Å². The second-order valence-electron chi connectivity index (χ2n) is 4.22. The standard InChI is InChI=1S/C13H14ClNO5S/c1-4-5-8(2)15-21(18,19)11-7-9(14)6-10(13(16)17)12(11)20-3/h1,6-8,15H,5H2,2-3H3,(H,16,17). The van der Waals surface area contributed by atoms with Crippen LogP contribution in [0.5, 0.6) is 5.75 Å². The Morgan fingerprint density at radius 3 is 2.67 bits per heavy atom. The summed E-state index contributed by atoms with van der Waals surface area (Å²) in [5.41, 5.74) is -0.338. The number of hydrogen-bond donors (Lipinski definition) is 2. The van der Waals surface area contributed by atoms with Crippen LogP contribution in [0.4, 0.5) is 0 Å². The summed E-state index contributed by atoms with van der Waals surface area (Å²) in [7, 11) is -2.84. The molecule has 1 aromatic rings. The number of carbonyl (C=O) groups is 1. The van der Waals surface area contributed by atoms with Gasteiger partial charge >= 0.3 is 5.97 Å². The SMILES string of the molecule is C#CCC(C)NS(=O)(=O)c1cc(Cl)cc(C(=O)O)c1OC. The first kappa shape index (κ1) is 17.3. The Labute approximate surface area is 128 Å². The Hall–Kier alpha value is -1.75. The van der Waals surface area contributed by atoms with Crippen molar-refractivity contribution in [2.24, 2.45) is 0 Å². The number of nitrogens with one attached hydrogen (secondary N) is 1. The molecule has 1 unspecified atom stereocenters. The number of aromatic carboxylic acids is 1. The highest BCUT2D eigenvalue weighted by Gasteiger charge is 2.26. The van der Waals surface area contributed by atoms with Gasteiger partial charge in [0.15, 0.2) is 5.75 Å². The first-order valence-electron chi connectivity index (χ1n) is 5.79. The maximum atomic E-state index is 12.3. The quantitative estimate of drug-likeness (QED) is 0.774. The lowest BCUT2D eigenvalue weighted by Crippen LogP contribution is -2.32. The van der Waals surface area contributed by atoms with E-state index in [1.807, 2.05) is 0 Å². The monoisotopic (exact) mass is 331 g/mol. The second-order valence-corrected chi connectivity index (χ2v) is 6.34. The van der Waals surface area contributed by atoms with Crippen molar-refractivity contribution in [3.63, 3.8) is 0 Å². The van der Waals surface area contributed by atoms with Crippen LogP contribution in [-0.2, 0) is 10.0 Å². The third-order valence-electron chi connectivity index (χ3n) is 2.52. The van der Waals surface area contributed by atoms with E-state index < -0.39 is 22.0 Å². The molecular formula is C13H14ClNO5S. The molecule has 0 radical (unpaired) electrons. The smallest absolute Gasteiger partial charge is 0.339 e. The summed E-state index contributed by atoms with van der Waals surface area (Å²) in [6.07, 6.45) is 5.31. The summed E-state index contributed by atoms with van der Waals surface area (Å²) in [6, 6.07) is 1.72. The van der Waals surface area contributed by atoms with Gasteiger partial charge in [-0.3, -0.25) is 0 Å². The number of terminal acetylenes is 1. The van der Waals surface area contributed by atoms with Gasteiger partial charge in [0, 0.05) is 17.5 Å². The molecule has 8 heteroatoms. The highest BCUT2D eigenvalue weighted by molar-refractivity contribution is 7.89. The van der Waals surface area contributed by atoms with Crippen molar-refractivity contribution in [2.45, 2.75) is 24.3 Å². The molecule has 2 N–H and O–H groups in total. The Balaban J connectivity index is 3.42. The van der Waals surface area contributed by atoms with Crippen LogP contribution in [0.2, 0.25) is 5.02 Å². The number of methoxy groups -OCH3 is 1. The predicted octanol–water partition coefficient (Wildman–Crippen LogP) is 1.74. The van der Waals surface area contributed by atoms with Crippen LogP contribution in [0.25, 0.3) is 0 Å². The highest BCUT2D eigenvalue weighted by Crippen LogP contribution is 2.32. The number of benzene rings is 1. The Morgan fingerprint density at radius 2 is 2.19 bits per heavy atom. The Morgan fingerprint density at radius 1 is 1.57 bits per heavy atom. The van der Waals surface area contributed by atoms with Gasteiger partial charge in [0.05, 0.1) is 7.11 Å². The van der Waals surface area contributed by atoms with Crippen molar-refractivity contribution >= 4 is 27.6 Å². The van der Waals surface area contributed by atoms with Crippen LogP contribution in [0.3, 0.4) is 0 Å². The van der Waals surface area contributed by atoms with Crippen LogP contribution in [0.15, 0.2) is 17.0 Å². The summed E-state index contributed by atoms with van der Waals surface area (Å²) >= 11 is 5.78. The predicted molar refractivity (Wildman–Crippen MR) is 78.2 cm³/mol. The van der Waals surface area contributed by atoms with Crippen molar-refractivity contribution in [1.29, 1.82) is 0 Å². The fourth-order valence-electron chi connectivity index (χ4n) is 1.68. The molecule has 0 fully saturated rings. The lowest BCUT2D eigenvalue weighted by Gasteiger charge is -2.16. The van der Waals surface area contributed by atoms with Crippen LogP contribution in [0.1, 0.15) is 23.7 Å². The number of carboxylic acids is 1. The summed E-state index contributed by atoms with van der Waals surface area (Å²) in [4.78, 5) is 10.8. The van der Waals surface area contributed by atoms with Crippen molar-refractivity contribution in [3.8, 4) is 18.1 Å². The molecular weight excluding hydrogens is 318 g/mol. The zero-order valence-electron chi connectivity index (χ0n) is 11.4. The lowest BCUT2D eigenvalue weighted by atomic mass is 10.2. The zero-order valence-corrected chi connectivity index (χ0v) is 13.0. The third kappa shape index (κ3) is 4.11. The van der Waals surface area contributed by atoms with Gasteiger partial charge in [0.25, 0.3) is 0 Å². The molecule has 0 aliphatic rings. The molecule has 0 amide bonds. The van der Waals surface area contributed by atoms with Crippen molar-refractivity contribution < 1.29 is 23.1 Å². The van der Waals surface area contributed by atoms with E-state index in [9.17, 15) is 13.2 Å². The number of halogens is 1. The van der Waals surface area contributed by atoms with Gasteiger partial charge in [0.1, 0.15) is 10.5 Å². The molecule has 0 spiro atoms. The molecule has 0 aromatic heterocycles. The van der Waals surface area contributed by atoms with E-state index >= 15 is 0 Å². The maximum absolute atomic E-state index is 12.3. The maximum Gasteiger partial charge on any atom is 0.339 e. The largest absolute Gasteiger partial charge is 0.494 e. The molecule has 6 nitrogen and oxygen atoms in total. The molecule has 0 saturated heterocycles. The summed E-state index contributed by atoms with van der Waals surface area (Å²) < 4.78 is 31.9. The van der Waals surface area contributed by atoms with Crippen LogP contribution < -0.4 is 9.46 Å². The van der Waals surface area contributed by atoms with Gasteiger partial charge in [-0.1, -0.05) is 11.6 Å². The van der Waals surface area contributed by atoms with Crippen molar-refractivity contribution in [2.75, 3.05) is 7.11 Å². The minimum atomic E-state index is -4.02. The number of rotatable bonds is 6. The number of hydrogen-bond acceptors (Lipinski definition) is 4. The number of carboxylic acid groups (broad SMARTS) is 1. The fourth-order valence-corrected chi connectivity index (χ4v) is 3.43. The first-order valence-corrected chi connectivity index (χ1v) is 7.65. The minimum Gasteiger partial charge on any atom is -0.494 e. The van der Waals surface area contributed by atoms with Gasteiger partial charge in [-0.15, -0.1) is 12.3 Å². The Kier molecular flexibility index (Phi) is 5.61. The van der Waals surface area contributed by atoms with E-state index in [0.29, 0.717) is 0 Å². The van der Waals surface area contributed by atoms with Crippen molar-refractivity contribution in [3.05, 3.63) is 22.7 Å². The van der Waals surface area contributed by atoms with Gasteiger partial charge < -0.3 is 9.84 Å². The molecule has 0 bridgehead atoms. The van der Waals surface area contributed by atoms with E-state index in [1.165, 1.54) is 7.11 Å². The number of sulfonamides is 1. The molecule has 0 heterocycles. The van der Waals surface area contributed by atoms with Crippen molar-refractivity contribution in [1.82, 2.24) is 4.72 Å². The summed E-state index contributed by atoms with van der Waals surface area (Å²) in [5, 5.41) is 9.07. The summed E-state index contributed by atoms with van der Waals surface area (Å²) in [6.45, 7) is 1.59. The third-order valence-corrected chi connectivity index (χ3v) is 4.34. The molecule has 114 valence electrons. The van der Waals surface area contributed by atoms with Crippen LogP contribution >= 0.6 is 11.6 Å². The van der Waals surface area contributed by atoms with Gasteiger partial charge in [0.2, 0.25) is 10.0 Å². The molecule has 1 aromatic carbocycles. The molecule has 1 atom stereocenters. The van der Waals surface area contributed by atoms with Gasteiger partial charge in [-0.05, 0) is 19.1 Å². The van der Waals surface area contributed by atoms with Crippen LogP contribution in [-0.4, -0.2) is 32.6 Å². The van der Waals surface area contributed by atoms with E-state index in [-0.39, 0.29) is 27.7 Å². The first-order chi connectivity index (χ1) is 9.72. The normalized spacial score (nSPS) is 12.5. The highest BCUT2D eigenvalue weighted by atomic mass is 35.5. The molecule has 21 heavy (non-hydrogen) atoms. The average Bonchev–Trinajstić information content (AvgIpc) is 2.37. The molecule has 0 aliphatic heterocycles. The van der Waals surface area contributed by atoms with E-state index in [0.717, 1.165) is 12.1 Å². The van der Waals surface area contributed by atoms with Crippen LogP contribution in [0, 0.1) is 12.3 Å². The van der Waals surface area contributed by atoms with E-state index in [2.05, 4.69) is 10.6 Å².